The molecule has 160 valence electrons. The zero-order chi connectivity index (χ0) is 22.1. The van der Waals surface area contributed by atoms with Gasteiger partial charge in [-0.3, -0.25) is 4.68 Å². The van der Waals surface area contributed by atoms with Crippen molar-refractivity contribution in [2.45, 2.75) is 46.5 Å². The lowest BCUT2D eigenvalue weighted by Gasteiger charge is -2.27. The number of aromatic nitrogens is 3. The maximum Gasteiger partial charge on any atom is 0.394 e. The van der Waals surface area contributed by atoms with E-state index < -0.39 is 42.2 Å². The molecular formula is C17H17ClF5N3O3. The van der Waals surface area contributed by atoms with E-state index in [0.29, 0.717) is 0 Å². The van der Waals surface area contributed by atoms with E-state index >= 15 is 0 Å². The number of carboxylic acid groups (broad SMARTS) is 1. The van der Waals surface area contributed by atoms with Gasteiger partial charge < -0.3 is 9.84 Å². The van der Waals surface area contributed by atoms with Gasteiger partial charge in [0.05, 0.1) is 16.7 Å². The number of carbonyl (C=O) groups is 1. The van der Waals surface area contributed by atoms with Gasteiger partial charge >= 0.3 is 18.8 Å². The summed E-state index contributed by atoms with van der Waals surface area (Å²) in [5.74, 6) is -2.11. The van der Waals surface area contributed by atoms with Crippen LogP contribution in [-0.4, -0.2) is 38.6 Å². The van der Waals surface area contributed by atoms with Gasteiger partial charge in [-0.05, 0) is 19.1 Å². The van der Waals surface area contributed by atoms with Crippen LogP contribution in [0.25, 0.3) is 11.3 Å². The van der Waals surface area contributed by atoms with E-state index in [1.807, 2.05) is 0 Å². The first-order chi connectivity index (χ1) is 13.3. The highest BCUT2D eigenvalue weighted by Gasteiger charge is 2.47. The van der Waals surface area contributed by atoms with Crippen LogP contribution < -0.4 is 4.74 Å². The minimum Gasteiger partial charge on any atom is -0.476 e. The quantitative estimate of drug-likeness (QED) is 0.608. The lowest BCUT2D eigenvalue weighted by molar-refractivity contribution is -0.211. The highest BCUT2D eigenvalue weighted by atomic mass is 35.5. The molecule has 0 atom stereocenters. The number of hydrogen-bond acceptors (Lipinski definition) is 4. The van der Waals surface area contributed by atoms with E-state index in [0.717, 1.165) is 18.5 Å². The molecule has 2 aromatic heterocycles. The average molecular weight is 442 g/mol. The van der Waals surface area contributed by atoms with Crippen molar-refractivity contribution in [2.24, 2.45) is 5.41 Å². The molecule has 0 aliphatic heterocycles. The molecule has 2 aromatic rings. The number of halogens is 6. The van der Waals surface area contributed by atoms with Gasteiger partial charge in [0.1, 0.15) is 5.02 Å². The highest BCUT2D eigenvalue weighted by molar-refractivity contribution is 6.35. The van der Waals surface area contributed by atoms with Crippen LogP contribution in [0.5, 0.6) is 5.88 Å². The molecule has 6 nitrogen and oxygen atoms in total. The molecule has 0 spiro atoms. The topological polar surface area (TPSA) is 77.2 Å². The molecule has 0 aliphatic rings. The van der Waals surface area contributed by atoms with E-state index in [-0.39, 0.29) is 28.5 Å². The van der Waals surface area contributed by atoms with E-state index in [2.05, 4.69) is 14.8 Å². The van der Waals surface area contributed by atoms with Crippen molar-refractivity contribution in [3.63, 3.8) is 0 Å². The third-order valence-corrected chi connectivity index (χ3v) is 4.52. The summed E-state index contributed by atoms with van der Waals surface area (Å²) in [5, 5.41) is 12.6. The molecule has 12 heteroatoms. The van der Waals surface area contributed by atoms with Gasteiger partial charge in [0.2, 0.25) is 5.88 Å². The van der Waals surface area contributed by atoms with Crippen molar-refractivity contribution in [1.82, 2.24) is 14.8 Å². The summed E-state index contributed by atoms with van der Waals surface area (Å²) in [6.45, 7) is 0.346. The number of pyridine rings is 1. The fraction of sp³-hybridized carbons (Fsp3) is 0.471. The first-order valence-electron chi connectivity index (χ1n) is 8.30. The minimum atomic E-state index is -4.54. The standard InChI is InChI=1S/C17H17ClF5N3O3/c1-4-26-12(10(18)11(25-26)14(27)28)9-6-5-8(24-13(9)29-15(19)20)7-16(2,3)17(21,22)23/h5-6,15H,4,7H2,1-3H3,(H,27,28). The van der Waals surface area contributed by atoms with Gasteiger partial charge in [0, 0.05) is 18.7 Å². The highest BCUT2D eigenvalue weighted by Crippen LogP contribution is 2.41. The van der Waals surface area contributed by atoms with Gasteiger partial charge in [-0.15, -0.1) is 0 Å². The normalized spacial score (nSPS) is 12.5. The van der Waals surface area contributed by atoms with Crippen LogP contribution >= 0.6 is 11.6 Å². The number of nitrogens with zero attached hydrogens (tertiary/aromatic N) is 3. The Kier molecular flexibility index (Phi) is 6.41. The Balaban J connectivity index is 2.61. The molecule has 0 radical (unpaired) electrons. The van der Waals surface area contributed by atoms with E-state index in [9.17, 15) is 31.9 Å². The van der Waals surface area contributed by atoms with Gasteiger partial charge in [-0.2, -0.15) is 27.1 Å². The molecule has 2 rings (SSSR count). The predicted molar refractivity (Wildman–Crippen MR) is 93.3 cm³/mol. The molecule has 0 fully saturated rings. The molecule has 0 bridgehead atoms. The number of alkyl halides is 5. The number of ether oxygens (including phenoxy) is 1. The smallest absolute Gasteiger partial charge is 0.394 e. The Bertz CT molecular complexity index is 912. The second kappa shape index (κ2) is 8.13. The molecule has 0 saturated heterocycles. The molecule has 1 N–H and O–H groups in total. The van der Waals surface area contributed by atoms with Gasteiger partial charge in [0.25, 0.3) is 0 Å². The Morgan fingerprint density at radius 3 is 2.41 bits per heavy atom. The van der Waals surface area contributed by atoms with Crippen molar-refractivity contribution in [3.8, 4) is 17.1 Å². The van der Waals surface area contributed by atoms with Crippen LogP contribution in [0.2, 0.25) is 5.02 Å². The number of carboxylic acids is 1. The van der Waals surface area contributed by atoms with Gasteiger partial charge in [0.15, 0.2) is 5.69 Å². The van der Waals surface area contributed by atoms with E-state index in [4.69, 9.17) is 11.6 Å². The fourth-order valence-corrected chi connectivity index (χ4v) is 2.87. The fourth-order valence-electron chi connectivity index (χ4n) is 2.55. The van der Waals surface area contributed by atoms with Gasteiger partial charge in [-0.1, -0.05) is 25.4 Å². The van der Waals surface area contributed by atoms with Crippen LogP contribution in [0, 0.1) is 5.41 Å². The van der Waals surface area contributed by atoms with Crippen LogP contribution in [0.3, 0.4) is 0 Å². The summed E-state index contributed by atoms with van der Waals surface area (Å²) in [6.07, 6.45) is -5.13. The predicted octanol–water partition coefficient (Wildman–Crippen LogP) is 5.05. The Morgan fingerprint density at radius 2 is 1.93 bits per heavy atom. The summed E-state index contributed by atoms with van der Waals surface area (Å²) in [7, 11) is 0. The second-order valence-corrected chi connectivity index (χ2v) is 7.10. The zero-order valence-corrected chi connectivity index (χ0v) is 16.3. The first-order valence-corrected chi connectivity index (χ1v) is 8.67. The van der Waals surface area contributed by atoms with Crippen LogP contribution in [-0.2, 0) is 13.0 Å². The molecule has 0 saturated carbocycles. The summed E-state index contributed by atoms with van der Waals surface area (Å²) < 4.78 is 70.8. The summed E-state index contributed by atoms with van der Waals surface area (Å²) >= 11 is 6.07. The molecule has 29 heavy (non-hydrogen) atoms. The second-order valence-electron chi connectivity index (χ2n) is 6.72. The Morgan fingerprint density at radius 1 is 1.31 bits per heavy atom. The Hall–Kier alpha value is -2.43. The molecule has 0 aliphatic carbocycles. The largest absolute Gasteiger partial charge is 0.476 e. The number of aromatic carboxylic acids is 1. The van der Waals surface area contributed by atoms with Crippen molar-refractivity contribution >= 4 is 17.6 Å². The maximum absolute atomic E-state index is 13.1. The third-order valence-electron chi connectivity index (χ3n) is 4.16. The summed E-state index contributed by atoms with van der Waals surface area (Å²) in [5.41, 5.74) is -2.97. The lowest BCUT2D eigenvalue weighted by atomic mass is 9.87. The van der Waals surface area contributed by atoms with Crippen molar-refractivity contribution in [3.05, 3.63) is 28.5 Å². The van der Waals surface area contributed by atoms with E-state index in [1.165, 1.54) is 12.1 Å². The van der Waals surface area contributed by atoms with Crippen molar-refractivity contribution in [1.29, 1.82) is 0 Å². The molecule has 0 aromatic carbocycles. The minimum absolute atomic E-state index is 0.0450. The molecule has 0 amide bonds. The van der Waals surface area contributed by atoms with Crippen LogP contribution in [0.1, 0.15) is 37.0 Å². The Labute approximate surface area is 167 Å². The zero-order valence-electron chi connectivity index (χ0n) is 15.5. The monoisotopic (exact) mass is 441 g/mol. The molecular weight excluding hydrogens is 425 g/mol. The molecule has 0 unspecified atom stereocenters. The molecule has 2 heterocycles. The van der Waals surface area contributed by atoms with Gasteiger partial charge in [-0.25, -0.2) is 9.78 Å². The summed E-state index contributed by atoms with van der Waals surface area (Å²) in [4.78, 5) is 15.1. The third kappa shape index (κ3) is 4.77. The SMILES string of the molecule is CCn1nc(C(=O)O)c(Cl)c1-c1ccc(CC(C)(C)C(F)(F)F)nc1OC(F)F. The van der Waals surface area contributed by atoms with Crippen molar-refractivity contribution < 1.29 is 36.6 Å². The van der Waals surface area contributed by atoms with Crippen molar-refractivity contribution in [2.75, 3.05) is 0 Å². The first kappa shape index (κ1) is 22.9. The van der Waals surface area contributed by atoms with Crippen LogP contribution in [0.4, 0.5) is 22.0 Å². The maximum atomic E-state index is 13.1. The van der Waals surface area contributed by atoms with Crippen LogP contribution in [0.15, 0.2) is 12.1 Å². The number of rotatable bonds is 7. The summed E-state index contributed by atoms with van der Waals surface area (Å²) in [6, 6.07) is 2.41. The van der Waals surface area contributed by atoms with E-state index in [1.54, 1.807) is 6.92 Å². The lowest BCUT2D eigenvalue weighted by Crippen LogP contribution is -2.34. The number of hydrogen-bond donors (Lipinski definition) is 1. The average Bonchev–Trinajstić information content (AvgIpc) is 2.90. The number of aryl methyl sites for hydroxylation is 1.